The largest absolute Gasteiger partial charge is 0.481 e. The van der Waals surface area contributed by atoms with Crippen LogP contribution in [0, 0.1) is 55.7 Å². The van der Waals surface area contributed by atoms with Gasteiger partial charge in [-0.2, -0.15) is 0 Å². The van der Waals surface area contributed by atoms with E-state index in [0.717, 1.165) is 44.9 Å². The molecule has 5 nitrogen and oxygen atoms in total. The van der Waals surface area contributed by atoms with Gasteiger partial charge in [0.05, 0.1) is 18.1 Å². The van der Waals surface area contributed by atoms with Gasteiger partial charge < -0.3 is 20.1 Å². The maximum absolute atomic E-state index is 12.5. The van der Waals surface area contributed by atoms with Gasteiger partial charge in [0.15, 0.2) is 5.79 Å². The summed E-state index contributed by atoms with van der Waals surface area (Å²) in [6.45, 7) is 12.5. The molecule has 7 aliphatic rings. The zero-order valence-corrected chi connectivity index (χ0v) is 23.9. The van der Waals surface area contributed by atoms with E-state index in [2.05, 4.69) is 27.7 Å². The zero-order valence-electron chi connectivity index (χ0n) is 23.9. The van der Waals surface area contributed by atoms with Crippen LogP contribution in [0.2, 0.25) is 0 Å². The van der Waals surface area contributed by atoms with Crippen molar-refractivity contribution in [2.45, 2.75) is 130 Å². The summed E-state index contributed by atoms with van der Waals surface area (Å²) in [4.78, 5) is 12.5. The minimum Gasteiger partial charge on any atom is -0.481 e. The monoisotopic (exact) mass is 514 g/mol. The van der Waals surface area contributed by atoms with Crippen LogP contribution in [0.4, 0.5) is 0 Å². The highest BCUT2D eigenvalue weighted by Gasteiger charge is 2.81. The minimum atomic E-state index is -1.18. The van der Waals surface area contributed by atoms with Crippen molar-refractivity contribution >= 4 is 5.97 Å². The standard InChI is InChI=1S/C32H50O5/c1-20-29-14-16-31-8-6-7-30(15-12-27(31,4)23(29)21(33)17-32(20,36)37-19-29)22-18-26(3,24(34)35)10-9-25(22,2)11-13-28(30,31)5/h20-23,33,36H,6-19H2,1-5H3,(H,34,35)/t20-,21+,22-,23+,25-,26-,27+,28+,29+,30+,31+,32+/m1/s1. The predicted molar refractivity (Wildman–Crippen MR) is 140 cm³/mol. The van der Waals surface area contributed by atoms with Gasteiger partial charge >= 0.3 is 5.97 Å². The van der Waals surface area contributed by atoms with Crippen molar-refractivity contribution in [3.63, 3.8) is 0 Å². The molecule has 5 heteroatoms. The average molecular weight is 515 g/mol. The molecule has 1 heterocycles. The Morgan fingerprint density at radius 1 is 0.865 bits per heavy atom. The number of carboxylic acid groups (broad SMARTS) is 1. The number of aliphatic carboxylic acids is 1. The molecule has 0 radical (unpaired) electrons. The number of rotatable bonds is 1. The lowest BCUT2D eigenvalue weighted by Crippen LogP contribution is -2.76. The minimum absolute atomic E-state index is 0.00510. The molecule has 7 rings (SSSR count). The molecule has 0 unspecified atom stereocenters. The molecule has 2 spiro atoms. The fourth-order valence-electron chi connectivity index (χ4n) is 13.9. The Hall–Kier alpha value is -0.650. The summed E-state index contributed by atoms with van der Waals surface area (Å²) in [6.07, 6.45) is 13.1. The Morgan fingerprint density at radius 2 is 1.59 bits per heavy atom. The molecule has 12 atom stereocenters. The predicted octanol–water partition coefficient (Wildman–Crippen LogP) is 6.16. The first-order chi connectivity index (χ1) is 17.2. The Balaban J connectivity index is 1.37. The highest BCUT2D eigenvalue weighted by atomic mass is 16.6. The van der Waals surface area contributed by atoms with Gasteiger partial charge in [0, 0.05) is 17.8 Å². The first-order valence-corrected chi connectivity index (χ1v) is 15.5. The molecular formula is C32H50O5. The molecule has 6 aliphatic carbocycles. The molecule has 7 fully saturated rings. The molecule has 1 aliphatic heterocycles. The molecule has 0 aromatic rings. The normalized spacial score (nSPS) is 64.1. The van der Waals surface area contributed by atoms with Crippen LogP contribution in [-0.2, 0) is 9.53 Å². The summed E-state index contributed by atoms with van der Waals surface area (Å²) in [5.41, 5.74) is -0.00257. The Kier molecular flexibility index (Phi) is 4.77. The Labute approximate surface area is 223 Å². The second-order valence-corrected chi connectivity index (χ2v) is 16.5. The molecule has 0 amide bonds. The molecule has 0 aromatic carbocycles. The van der Waals surface area contributed by atoms with E-state index in [9.17, 15) is 20.1 Å². The van der Waals surface area contributed by atoms with Crippen LogP contribution >= 0.6 is 0 Å². The van der Waals surface area contributed by atoms with E-state index in [1.54, 1.807) is 0 Å². The van der Waals surface area contributed by atoms with Crippen LogP contribution in [0.5, 0.6) is 0 Å². The average Bonchev–Trinajstić information content (AvgIpc) is 2.98. The molecule has 4 bridgehead atoms. The second kappa shape index (κ2) is 6.97. The fraction of sp³-hybridized carbons (Fsp3) is 0.969. The van der Waals surface area contributed by atoms with E-state index < -0.39 is 23.3 Å². The van der Waals surface area contributed by atoms with E-state index in [1.165, 1.54) is 32.1 Å². The number of hydrogen-bond donors (Lipinski definition) is 3. The van der Waals surface area contributed by atoms with Crippen molar-refractivity contribution in [1.29, 1.82) is 0 Å². The third-order valence-electron chi connectivity index (χ3n) is 16.0. The third-order valence-corrected chi connectivity index (χ3v) is 16.0. The Bertz CT molecular complexity index is 1040. The van der Waals surface area contributed by atoms with Gasteiger partial charge in [-0.25, -0.2) is 0 Å². The van der Waals surface area contributed by atoms with Crippen LogP contribution in [0.1, 0.15) is 118 Å². The summed E-state index contributed by atoms with van der Waals surface area (Å²) in [7, 11) is 0. The van der Waals surface area contributed by atoms with Gasteiger partial charge in [-0.15, -0.1) is 0 Å². The number of aliphatic hydroxyl groups excluding tert-OH is 1. The van der Waals surface area contributed by atoms with Crippen LogP contribution in [0.3, 0.4) is 0 Å². The second-order valence-electron chi connectivity index (χ2n) is 16.5. The summed E-state index contributed by atoms with van der Waals surface area (Å²) in [5, 5.41) is 33.4. The van der Waals surface area contributed by atoms with Crippen molar-refractivity contribution < 1.29 is 24.9 Å². The van der Waals surface area contributed by atoms with Gasteiger partial charge in [-0.3, -0.25) is 4.79 Å². The van der Waals surface area contributed by atoms with E-state index in [1.807, 2.05) is 6.92 Å². The molecule has 6 saturated carbocycles. The SMILES string of the molecule is C[C@@H]1[C@@]23CC[C@@]45CCC[C@]6(CC[C@@]4(C)[C@@H]2[C@@H](O)C[C@]1(O)OC3)[C@@H]1C[C@](C)(C(=O)O)CC[C@]1(C)CC[C@@]65C. The molecule has 37 heavy (non-hydrogen) atoms. The summed E-state index contributed by atoms with van der Waals surface area (Å²) in [6, 6.07) is 0. The third kappa shape index (κ3) is 2.50. The highest BCUT2D eigenvalue weighted by Crippen LogP contribution is 2.86. The smallest absolute Gasteiger partial charge is 0.309 e. The Morgan fingerprint density at radius 3 is 2.32 bits per heavy atom. The lowest BCUT2D eigenvalue weighted by molar-refractivity contribution is -0.343. The number of ether oxygens (including phenoxy) is 1. The van der Waals surface area contributed by atoms with Crippen molar-refractivity contribution in [3.8, 4) is 0 Å². The number of carboxylic acids is 1. The number of carbonyl (C=O) groups is 1. The van der Waals surface area contributed by atoms with E-state index in [-0.39, 0.29) is 44.3 Å². The lowest BCUT2D eigenvalue weighted by Gasteiger charge is -2.82. The maximum Gasteiger partial charge on any atom is 0.309 e. The van der Waals surface area contributed by atoms with Crippen molar-refractivity contribution in [2.24, 2.45) is 55.7 Å². The molecule has 3 N–H and O–H groups in total. The first kappa shape index (κ1) is 25.3. The van der Waals surface area contributed by atoms with Gasteiger partial charge in [-0.05, 0) is 116 Å². The number of aliphatic hydroxyl groups is 2. The van der Waals surface area contributed by atoms with Crippen molar-refractivity contribution in [3.05, 3.63) is 0 Å². The first-order valence-electron chi connectivity index (χ1n) is 15.5. The van der Waals surface area contributed by atoms with E-state index in [0.29, 0.717) is 18.9 Å². The lowest BCUT2D eigenvalue weighted by atomic mass is 9.22. The highest BCUT2D eigenvalue weighted by molar-refractivity contribution is 5.74. The van der Waals surface area contributed by atoms with Crippen molar-refractivity contribution in [1.82, 2.24) is 0 Å². The summed E-state index contributed by atoms with van der Waals surface area (Å²) in [5.74, 6) is -1.11. The van der Waals surface area contributed by atoms with Gasteiger partial charge in [0.25, 0.3) is 0 Å². The fourth-order valence-corrected chi connectivity index (χ4v) is 13.9. The zero-order chi connectivity index (χ0) is 26.5. The number of hydrogen-bond acceptors (Lipinski definition) is 4. The van der Waals surface area contributed by atoms with E-state index >= 15 is 0 Å². The van der Waals surface area contributed by atoms with Crippen LogP contribution in [-0.4, -0.2) is 39.8 Å². The molecule has 0 aromatic heterocycles. The molecule has 1 saturated heterocycles. The van der Waals surface area contributed by atoms with Gasteiger partial charge in [0.2, 0.25) is 0 Å². The van der Waals surface area contributed by atoms with Crippen LogP contribution < -0.4 is 0 Å². The summed E-state index contributed by atoms with van der Waals surface area (Å²) < 4.78 is 6.13. The van der Waals surface area contributed by atoms with Crippen LogP contribution in [0.25, 0.3) is 0 Å². The topological polar surface area (TPSA) is 87.0 Å². The van der Waals surface area contributed by atoms with Crippen LogP contribution in [0.15, 0.2) is 0 Å². The summed E-state index contributed by atoms with van der Waals surface area (Å²) >= 11 is 0. The molecule has 208 valence electrons. The van der Waals surface area contributed by atoms with E-state index in [4.69, 9.17) is 4.74 Å². The van der Waals surface area contributed by atoms with Gasteiger partial charge in [-0.1, -0.05) is 34.1 Å². The maximum atomic E-state index is 12.5. The van der Waals surface area contributed by atoms with Crippen molar-refractivity contribution in [2.75, 3.05) is 6.61 Å². The number of fused-ring (bicyclic) bond motifs is 3. The van der Waals surface area contributed by atoms with Gasteiger partial charge in [0.1, 0.15) is 0 Å². The molecular weight excluding hydrogens is 464 g/mol. The quantitative estimate of drug-likeness (QED) is 0.390.